The van der Waals surface area contributed by atoms with E-state index in [0.717, 1.165) is 31.2 Å². The highest BCUT2D eigenvalue weighted by Crippen LogP contribution is 2.23. The van der Waals surface area contributed by atoms with Crippen LogP contribution in [-0.2, 0) is 4.79 Å². The summed E-state index contributed by atoms with van der Waals surface area (Å²) in [5.41, 5.74) is 6.43. The van der Waals surface area contributed by atoms with E-state index in [2.05, 4.69) is 17.2 Å². The van der Waals surface area contributed by atoms with Crippen molar-refractivity contribution in [1.29, 1.82) is 0 Å². The molecule has 1 aromatic carbocycles. The third-order valence-electron chi connectivity index (χ3n) is 3.73. The molecule has 0 atom stereocenters. The number of carbonyl (C=O) groups is 2. The van der Waals surface area contributed by atoms with Gasteiger partial charge < -0.3 is 11.1 Å². The van der Waals surface area contributed by atoms with Crippen molar-refractivity contribution in [3.63, 3.8) is 0 Å². The lowest BCUT2D eigenvalue weighted by Crippen LogP contribution is -2.32. The Labute approximate surface area is 125 Å². The van der Waals surface area contributed by atoms with E-state index in [9.17, 15) is 9.59 Å². The van der Waals surface area contributed by atoms with Crippen molar-refractivity contribution in [2.24, 2.45) is 11.7 Å². The van der Waals surface area contributed by atoms with Gasteiger partial charge in [0.1, 0.15) is 0 Å². The molecule has 1 aliphatic rings. The summed E-state index contributed by atoms with van der Waals surface area (Å²) in [6.45, 7) is 0.354. The molecule has 0 heterocycles. The zero-order chi connectivity index (χ0) is 15.1. The second-order valence-electron chi connectivity index (χ2n) is 5.30. The Hall–Kier alpha value is -2.28. The molecule has 0 spiro atoms. The first kappa shape index (κ1) is 15.1. The van der Waals surface area contributed by atoms with Crippen molar-refractivity contribution in [1.82, 2.24) is 5.32 Å². The summed E-state index contributed by atoms with van der Waals surface area (Å²) in [5, 5.41) is 2.87. The van der Waals surface area contributed by atoms with Gasteiger partial charge in [-0.25, -0.2) is 0 Å². The van der Waals surface area contributed by atoms with Crippen LogP contribution in [0.25, 0.3) is 0 Å². The predicted octanol–water partition coefficient (Wildman–Crippen LogP) is 1.83. The van der Waals surface area contributed by atoms with E-state index in [-0.39, 0.29) is 11.8 Å². The van der Waals surface area contributed by atoms with Crippen LogP contribution in [0.1, 0.15) is 48.0 Å². The quantitative estimate of drug-likeness (QED) is 0.831. The second-order valence-corrected chi connectivity index (χ2v) is 5.30. The molecule has 1 saturated carbocycles. The molecule has 2 amide bonds. The predicted molar refractivity (Wildman–Crippen MR) is 81.4 cm³/mol. The van der Waals surface area contributed by atoms with Crippen molar-refractivity contribution >= 4 is 11.8 Å². The second kappa shape index (κ2) is 7.49. The highest BCUT2D eigenvalue weighted by molar-refractivity contribution is 5.92. The average Bonchev–Trinajstić information content (AvgIpc) is 2.52. The SMILES string of the molecule is NC(=O)c1ccc(C#CCNC(=O)C2CCCCC2)cc1. The van der Waals surface area contributed by atoms with Crippen LogP contribution in [-0.4, -0.2) is 18.4 Å². The van der Waals surface area contributed by atoms with Gasteiger partial charge in [-0.15, -0.1) is 0 Å². The number of nitrogens with two attached hydrogens (primary N) is 1. The Kier molecular flexibility index (Phi) is 5.39. The van der Waals surface area contributed by atoms with Crippen LogP contribution in [0.3, 0.4) is 0 Å². The Balaban J connectivity index is 1.80. The fraction of sp³-hybridized carbons (Fsp3) is 0.412. The Morgan fingerprint density at radius 3 is 2.43 bits per heavy atom. The number of primary amides is 1. The number of hydrogen-bond donors (Lipinski definition) is 2. The molecule has 0 saturated heterocycles. The summed E-state index contributed by atoms with van der Waals surface area (Å²) in [5.74, 6) is 5.71. The van der Waals surface area contributed by atoms with Gasteiger partial charge in [-0.1, -0.05) is 31.1 Å². The molecule has 1 aromatic rings. The summed E-state index contributed by atoms with van der Waals surface area (Å²) in [6.07, 6.45) is 5.53. The number of nitrogens with one attached hydrogen (secondary N) is 1. The molecule has 2 rings (SSSR count). The lowest BCUT2D eigenvalue weighted by molar-refractivity contribution is -0.125. The number of benzene rings is 1. The van der Waals surface area contributed by atoms with Crippen LogP contribution < -0.4 is 11.1 Å². The number of amides is 2. The maximum Gasteiger partial charge on any atom is 0.248 e. The van der Waals surface area contributed by atoms with Crippen LogP contribution in [0, 0.1) is 17.8 Å². The molecule has 0 radical (unpaired) electrons. The van der Waals surface area contributed by atoms with Gasteiger partial charge in [-0.2, -0.15) is 0 Å². The lowest BCUT2D eigenvalue weighted by Gasteiger charge is -2.19. The summed E-state index contributed by atoms with van der Waals surface area (Å²) in [4.78, 5) is 22.8. The molecule has 1 fully saturated rings. The van der Waals surface area contributed by atoms with Gasteiger partial charge in [0.05, 0.1) is 6.54 Å². The van der Waals surface area contributed by atoms with Gasteiger partial charge in [0.25, 0.3) is 0 Å². The molecule has 3 N–H and O–H groups in total. The molecule has 4 nitrogen and oxygen atoms in total. The fourth-order valence-corrected chi connectivity index (χ4v) is 2.50. The van der Waals surface area contributed by atoms with Gasteiger partial charge in [0.2, 0.25) is 11.8 Å². The standard InChI is InChI=1S/C17H20N2O2/c18-16(20)14-10-8-13(9-11-14)5-4-12-19-17(21)15-6-2-1-3-7-15/h8-11,15H,1-3,6-7,12H2,(H2,18,20)(H,19,21). The maximum absolute atomic E-state index is 11.9. The van der Waals surface area contributed by atoms with Crippen molar-refractivity contribution in [3.05, 3.63) is 35.4 Å². The third kappa shape index (κ3) is 4.64. The van der Waals surface area contributed by atoms with Gasteiger partial charge in [-0.3, -0.25) is 9.59 Å². The minimum atomic E-state index is -0.450. The van der Waals surface area contributed by atoms with Crippen molar-refractivity contribution in [2.45, 2.75) is 32.1 Å². The minimum Gasteiger partial charge on any atom is -0.366 e. The van der Waals surface area contributed by atoms with E-state index in [1.54, 1.807) is 24.3 Å². The zero-order valence-electron chi connectivity index (χ0n) is 12.0. The molecule has 21 heavy (non-hydrogen) atoms. The van der Waals surface area contributed by atoms with Crippen LogP contribution in [0.15, 0.2) is 24.3 Å². The van der Waals surface area contributed by atoms with E-state index in [1.807, 2.05) is 0 Å². The molecule has 0 bridgehead atoms. The smallest absolute Gasteiger partial charge is 0.248 e. The van der Waals surface area contributed by atoms with Gasteiger partial charge in [0.15, 0.2) is 0 Å². The van der Waals surface area contributed by atoms with E-state index >= 15 is 0 Å². The minimum absolute atomic E-state index is 0.119. The largest absolute Gasteiger partial charge is 0.366 e. The van der Waals surface area contributed by atoms with Crippen LogP contribution in [0.2, 0.25) is 0 Å². The Morgan fingerprint density at radius 2 is 1.81 bits per heavy atom. The first-order valence-corrected chi connectivity index (χ1v) is 7.33. The van der Waals surface area contributed by atoms with Gasteiger partial charge in [-0.05, 0) is 37.1 Å². The lowest BCUT2D eigenvalue weighted by atomic mass is 9.89. The Bertz CT molecular complexity index is 561. The highest BCUT2D eigenvalue weighted by Gasteiger charge is 2.19. The number of carbonyl (C=O) groups excluding carboxylic acids is 2. The van der Waals surface area contributed by atoms with Crippen LogP contribution >= 0.6 is 0 Å². The molecular formula is C17H20N2O2. The monoisotopic (exact) mass is 284 g/mol. The average molecular weight is 284 g/mol. The molecule has 110 valence electrons. The van der Waals surface area contributed by atoms with Gasteiger partial charge >= 0.3 is 0 Å². The topological polar surface area (TPSA) is 72.2 Å². The van der Waals surface area contributed by atoms with Crippen molar-refractivity contribution in [3.8, 4) is 11.8 Å². The van der Waals surface area contributed by atoms with Gasteiger partial charge in [0, 0.05) is 17.0 Å². The van der Waals surface area contributed by atoms with Crippen LogP contribution in [0.4, 0.5) is 0 Å². The third-order valence-corrected chi connectivity index (χ3v) is 3.73. The normalized spacial score (nSPS) is 14.9. The van der Waals surface area contributed by atoms with Crippen molar-refractivity contribution < 1.29 is 9.59 Å². The van der Waals surface area contributed by atoms with E-state index < -0.39 is 5.91 Å². The summed E-state index contributed by atoms with van der Waals surface area (Å²) in [7, 11) is 0. The summed E-state index contributed by atoms with van der Waals surface area (Å²) >= 11 is 0. The summed E-state index contributed by atoms with van der Waals surface area (Å²) < 4.78 is 0. The molecule has 0 unspecified atom stereocenters. The fourth-order valence-electron chi connectivity index (χ4n) is 2.50. The Morgan fingerprint density at radius 1 is 1.14 bits per heavy atom. The molecule has 0 aliphatic heterocycles. The first-order valence-electron chi connectivity index (χ1n) is 7.33. The van der Waals surface area contributed by atoms with E-state index in [4.69, 9.17) is 5.73 Å². The molecule has 1 aliphatic carbocycles. The van der Waals surface area contributed by atoms with E-state index in [0.29, 0.717) is 12.1 Å². The molecular weight excluding hydrogens is 264 g/mol. The molecule has 0 aromatic heterocycles. The first-order chi connectivity index (χ1) is 10.2. The van der Waals surface area contributed by atoms with Crippen molar-refractivity contribution in [2.75, 3.05) is 6.54 Å². The van der Waals surface area contributed by atoms with Crippen LogP contribution in [0.5, 0.6) is 0 Å². The number of hydrogen-bond acceptors (Lipinski definition) is 2. The molecule has 4 heteroatoms. The maximum atomic E-state index is 11.9. The zero-order valence-corrected chi connectivity index (χ0v) is 12.0. The highest BCUT2D eigenvalue weighted by atomic mass is 16.2. The number of rotatable bonds is 3. The van der Waals surface area contributed by atoms with E-state index in [1.165, 1.54) is 6.42 Å². The summed E-state index contributed by atoms with van der Waals surface area (Å²) in [6, 6.07) is 6.78.